The third-order valence-electron chi connectivity index (χ3n) is 1.54. The molecule has 0 atom stereocenters. The second kappa shape index (κ2) is 4.03. The number of hydrogen-bond acceptors (Lipinski definition) is 7. The van der Waals surface area contributed by atoms with E-state index in [0.717, 1.165) is 0 Å². The zero-order chi connectivity index (χ0) is 11.6. The normalized spacial score (nSPS) is 11.3. The maximum Gasteiger partial charge on any atom is 0.358 e. The van der Waals surface area contributed by atoms with E-state index in [9.17, 15) is 18.0 Å². The van der Waals surface area contributed by atoms with Crippen LogP contribution in [0, 0.1) is 0 Å². The SMILES string of the molecule is CCS(=O)(=O)C(=O)c1snnc1C(=O)O. The first kappa shape index (κ1) is 11.7. The van der Waals surface area contributed by atoms with Gasteiger partial charge in [0, 0.05) is 0 Å². The zero-order valence-corrected chi connectivity index (χ0v) is 9.13. The molecule has 0 aliphatic heterocycles. The van der Waals surface area contributed by atoms with Crippen LogP contribution >= 0.6 is 11.5 Å². The molecule has 15 heavy (non-hydrogen) atoms. The van der Waals surface area contributed by atoms with Gasteiger partial charge in [-0.2, -0.15) is 0 Å². The van der Waals surface area contributed by atoms with E-state index in [1.165, 1.54) is 6.92 Å². The van der Waals surface area contributed by atoms with Gasteiger partial charge in [0.05, 0.1) is 5.75 Å². The van der Waals surface area contributed by atoms with Crippen LogP contribution in [0.15, 0.2) is 0 Å². The van der Waals surface area contributed by atoms with Crippen molar-refractivity contribution >= 4 is 32.5 Å². The third-order valence-corrected chi connectivity index (χ3v) is 3.92. The Labute approximate surface area is 88.8 Å². The third kappa shape index (κ3) is 2.18. The second-order valence-corrected chi connectivity index (χ2v) is 5.38. The molecule has 0 radical (unpaired) electrons. The van der Waals surface area contributed by atoms with Gasteiger partial charge in [-0.05, 0) is 11.5 Å². The summed E-state index contributed by atoms with van der Waals surface area (Å²) in [6.07, 6.45) is 0. The van der Waals surface area contributed by atoms with Crippen LogP contribution in [0.5, 0.6) is 0 Å². The van der Waals surface area contributed by atoms with E-state index in [4.69, 9.17) is 5.11 Å². The molecule has 1 aromatic rings. The molecule has 0 aliphatic carbocycles. The maximum atomic E-state index is 11.4. The Balaban J connectivity index is 3.24. The van der Waals surface area contributed by atoms with Crippen molar-refractivity contribution in [2.75, 3.05) is 5.75 Å². The number of carbonyl (C=O) groups excluding carboxylic acids is 1. The summed E-state index contributed by atoms with van der Waals surface area (Å²) < 4.78 is 25.6. The summed E-state index contributed by atoms with van der Waals surface area (Å²) in [6.45, 7) is 1.29. The fourth-order valence-corrected chi connectivity index (χ4v) is 2.36. The van der Waals surface area contributed by atoms with E-state index < -0.39 is 31.5 Å². The second-order valence-electron chi connectivity index (χ2n) is 2.45. The van der Waals surface area contributed by atoms with Crippen LogP contribution in [-0.2, 0) is 9.84 Å². The van der Waals surface area contributed by atoms with Gasteiger partial charge in [-0.3, -0.25) is 4.79 Å². The highest BCUT2D eigenvalue weighted by Gasteiger charge is 2.30. The van der Waals surface area contributed by atoms with Crippen LogP contribution in [0.25, 0.3) is 0 Å². The molecule has 1 aromatic heterocycles. The number of nitrogens with zero attached hydrogens (tertiary/aromatic N) is 2. The van der Waals surface area contributed by atoms with Crippen molar-refractivity contribution in [3.05, 3.63) is 10.6 Å². The van der Waals surface area contributed by atoms with E-state index >= 15 is 0 Å². The first-order valence-corrected chi connectivity index (χ1v) is 6.15. The van der Waals surface area contributed by atoms with Crippen molar-refractivity contribution in [2.45, 2.75) is 6.92 Å². The average molecular weight is 250 g/mol. The quantitative estimate of drug-likeness (QED) is 0.790. The fourth-order valence-electron chi connectivity index (χ4n) is 0.737. The van der Waals surface area contributed by atoms with Crippen LogP contribution in [0.2, 0.25) is 0 Å². The minimum Gasteiger partial charge on any atom is -0.476 e. The standard InChI is InChI=1S/C6H6N2O5S2/c1-2-15(12,13)6(11)4-3(5(9)10)7-8-14-4/h2H2,1H3,(H,9,10). The number of aromatic nitrogens is 2. The number of carboxylic acid groups (broad SMARTS) is 1. The van der Waals surface area contributed by atoms with Gasteiger partial charge >= 0.3 is 5.97 Å². The molecule has 0 saturated heterocycles. The van der Waals surface area contributed by atoms with Gasteiger partial charge in [0.15, 0.2) is 5.69 Å². The monoisotopic (exact) mass is 250 g/mol. The lowest BCUT2D eigenvalue weighted by Crippen LogP contribution is -2.18. The molecule has 1 heterocycles. The van der Waals surface area contributed by atoms with Crippen molar-refractivity contribution in [2.24, 2.45) is 0 Å². The highest BCUT2D eigenvalue weighted by atomic mass is 32.2. The highest BCUT2D eigenvalue weighted by molar-refractivity contribution is 8.06. The van der Waals surface area contributed by atoms with Crippen LogP contribution in [0.1, 0.15) is 27.1 Å². The van der Waals surface area contributed by atoms with E-state index in [-0.39, 0.29) is 5.75 Å². The largest absolute Gasteiger partial charge is 0.476 e. The molecule has 0 aromatic carbocycles. The van der Waals surface area contributed by atoms with Crippen molar-refractivity contribution in [3.63, 3.8) is 0 Å². The lowest BCUT2D eigenvalue weighted by atomic mass is 10.4. The Bertz CT molecular complexity index is 503. The van der Waals surface area contributed by atoms with Gasteiger partial charge in [-0.15, -0.1) is 5.10 Å². The van der Waals surface area contributed by atoms with Gasteiger partial charge in [0.2, 0.25) is 9.84 Å². The first-order chi connectivity index (χ1) is 6.90. The average Bonchev–Trinajstić information content (AvgIpc) is 2.64. The predicted octanol–water partition coefficient (Wildman–Crippen LogP) is -0.189. The number of rotatable bonds is 3. The lowest BCUT2D eigenvalue weighted by molar-refractivity contribution is 0.0687. The van der Waals surface area contributed by atoms with E-state index in [2.05, 4.69) is 9.59 Å². The minimum atomic E-state index is -3.95. The molecular formula is C6H6N2O5S2. The Morgan fingerprint density at radius 1 is 1.47 bits per heavy atom. The smallest absolute Gasteiger partial charge is 0.358 e. The van der Waals surface area contributed by atoms with Gasteiger partial charge in [-0.25, -0.2) is 13.2 Å². The van der Waals surface area contributed by atoms with Crippen molar-refractivity contribution in [1.82, 2.24) is 9.59 Å². The number of carboxylic acids is 1. The lowest BCUT2D eigenvalue weighted by Gasteiger charge is -1.96. The van der Waals surface area contributed by atoms with Crippen molar-refractivity contribution in [1.29, 1.82) is 0 Å². The van der Waals surface area contributed by atoms with E-state index in [0.29, 0.717) is 11.5 Å². The molecule has 0 bridgehead atoms. The summed E-state index contributed by atoms with van der Waals surface area (Å²) in [6, 6.07) is 0. The highest BCUT2D eigenvalue weighted by Crippen LogP contribution is 2.15. The molecule has 9 heteroatoms. The molecule has 1 rings (SSSR count). The summed E-state index contributed by atoms with van der Waals surface area (Å²) in [7, 11) is -3.95. The van der Waals surface area contributed by atoms with Gasteiger partial charge < -0.3 is 5.11 Å². The molecular weight excluding hydrogens is 244 g/mol. The number of hydrogen-bond donors (Lipinski definition) is 1. The maximum absolute atomic E-state index is 11.4. The Morgan fingerprint density at radius 2 is 2.07 bits per heavy atom. The molecule has 82 valence electrons. The first-order valence-electron chi connectivity index (χ1n) is 3.73. The molecule has 0 amide bonds. The van der Waals surface area contributed by atoms with Crippen molar-refractivity contribution < 1.29 is 23.1 Å². The van der Waals surface area contributed by atoms with Gasteiger partial charge in [-0.1, -0.05) is 11.4 Å². The van der Waals surface area contributed by atoms with Crippen LogP contribution < -0.4 is 0 Å². The Kier molecular flexibility index (Phi) is 3.15. The zero-order valence-electron chi connectivity index (χ0n) is 7.50. The number of carbonyl (C=O) groups is 2. The van der Waals surface area contributed by atoms with Crippen molar-refractivity contribution in [3.8, 4) is 0 Å². The molecule has 0 fully saturated rings. The molecule has 7 nitrogen and oxygen atoms in total. The summed E-state index contributed by atoms with van der Waals surface area (Å²) in [5.41, 5.74) is -0.623. The van der Waals surface area contributed by atoms with Crippen LogP contribution in [0.4, 0.5) is 0 Å². The molecule has 0 aliphatic rings. The fraction of sp³-hybridized carbons (Fsp3) is 0.333. The predicted molar refractivity (Wildman–Crippen MR) is 50.7 cm³/mol. The molecule has 0 saturated carbocycles. The van der Waals surface area contributed by atoms with E-state index in [1.54, 1.807) is 0 Å². The molecule has 0 unspecified atom stereocenters. The molecule has 0 spiro atoms. The van der Waals surface area contributed by atoms with Gasteiger partial charge in [0.1, 0.15) is 4.88 Å². The summed E-state index contributed by atoms with van der Waals surface area (Å²) in [4.78, 5) is 21.5. The Morgan fingerprint density at radius 3 is 2.53 bits per heavy atom. The summed E-state index contributed by atoms with van der Waals surface area (Å²) in [5, 5.41) is 10.5. The van der Waals surface area contributed by atoms with Crippen LogP contribution in [0.3, 0.4) is 0 Å². The number of sulfone groups is 1. The topological polar surface area (TPSA) is 114 Å². The Hall–Kier alpha value is -1.35. The number of aromatic carboxylic acids is 1. The minimum absolute atomic E-state index is 0.386. The van der Waals surface area contributed by atoms with E-state index in [1.807, 2.05) is 0 Å². The summed E-state index contributed by atoms with van der Waals surface area (Å²) in [5.74, 6) is -1.86. The molecule has 1 N–H and O–H groups in total. The van der Waals surface area contributed by atoms with Crippen LogP contribution in [-0.4, -0.2) is 39.9 Å². The van der Waals surface area contributed by atoms with Gasteiger partial charge in [0.25, 0.3) is 5.12 Å². The summed E-state index contributed by atoms with van der Waals surface area (Å²) >= 11 is 0.458.